The third kappa shape index (κ3) is 3.96. The maximum Gasteiger partial charge on any atom is 0.303 e. The first-order valence-corrected chi connectivity index (χ1v) is 7.41. The Hall–Kier alpha value is -1.07. The molecule has 1 aromatic heterocycles. The standard InChI is InChI=1S/C13H17Cl2N3O2/c14-10-6-9(12(15)18-17-10)16-8-13(7-11(19)20)4-2-1-3-5-13/h6H,1-5,7-8H2,(H,16,17)(H,19,20). The van der Waals surface area contributed by atoms with Crippen LogP contribution in [0.2, 0.25) is 10.3 Å². The number of rotatable bonds is 5. The summed E-state index contributed by atoms with van der Waals surface area (Å²) < 4.78 is 0. The van der Waals surface area contributed by atoms with E-state index in [1.54, 1.807) is 6.07 Å². The van der Waals surface area contributed by atoms with Gasteiger partial charge in [0, 0.05) is 12.6 Å². The molecule has 0 aliphatic heterocycles. The minimum Gasteiger partial charge on any atom is -0.481 e. The summed E-state index contributed by atoms with van der Waals surface area (Å²) >= 11 is 11.7. The van der Waals surface area contributed by atoms with Crippen LogP contribution in [0.25, 0.3) is 0 Å². The van der Waals surface area contributed by atoms with Crippen LogP contribution in [-0.4, -0.2) is 27.8 Å². The first-order valence-electron chi connectivity index (χ1n) is 6.65. The van der Waals surface area contributed by atoms with E-state index in [1.807, 2.05) is 0 Å². The van der Waals surface area contributed by atoms with Crippen molar-refractivity contribution in [3.05, 3.63) is 16.4 Å². The maximum absolute atomic E-state index is 11.1. The molecule has 1 aliphatic carbocycles. The van der Waals surface area contributed by atoms with Crippen molar-refractivity contribution in [2.75, 3.05) is 11.9 Å². The van der Waals surface area contributed by atoms with Crippen LogP contribution in [0.5, 0.6) is 0 Å². The number of carboxylic acids is 1. The van der Waals surface area contributed by atoms with Crippen molar-refractivity contribution in [3.63, 3.8) is 0 Å². The minimum absolute atomic E-state index is 0.170. The highest BCUT2D eigenvalue weighted by Gasteiger charge is 2.34. The Balaban J connectivity index is 2.08. The lowest BCUT2D eigenvalue weighted by Gasteiger charge is -2.36. The van der Waals surface area contributed by atoms with Gasteiger partial charge in [0.05, 0.1) is 12.1 Å². The molecule has 1 heterocycles. The summed E-state index contributed by atoms with van der Waals surface area (Å²) in [6, 6.07) is 1.61. The number of anilines is 1. The molecule has 2 N–H and O–H groups in total. The molecule has 0 amide bonds. The normalized spacial score (nSPS) is 17.7. The van der Waals surface area contributed by atoms with Crippen molar-refractivity contribution in [2.45, 2.75) is 38.5 Å². The Morgan fingerprint density at radius 3 is 2.65 bits per heavy atom. The molecule has 1 fully saturated rings. The Morgan fingerprint density at radius 1 is 1.30 bits per heavy atom. The van der Waals surface area contributed by atoms with Gasteiger partial charge in [0.1, 0.15) is 0 Å². The molecule has 1 saturated carbocycles. The second-order valence-electron chi connectivity index (χ2n) is 5.36. The van der Waals surface area contributed by atoms with Crippen LogP contribution in [0.3, 0.4) is 0 Å². The molecule has 1 aromatic rings. The zero-order valence-electron chi connectivity index (χ0n) is 11.0. The molecule has 5 nitrogen and oxygen atoms in total. The van der Waals surface area contributed by atoms with Crippen molar-refractivity contribution < 1.29 is 9.90 Å². The molecule has 0 aromatic carbocycles. The summed E-state index contributed by atoms with van der Waals surface area (Å²) in [5.74, 6) is -0.759. The average molecular weight is 318 g/mol. The van der Waals surface area contributed by atoms with Crippen molar-refractivity contribution in [2.24, 2.45) is 5.41 Å². The van der Waals surface area contributed by atoms with Crippen LogP contribution >= 0.6 is 23.2 Å². The van der Waals surface area contributed by atoms with Crippen LogP contribution < -0.4 is 5.32 Å². The lowest BCUT2D eigenvalue weighted by atomic mass is 9.71. The lowest BCUT2D eigenvalue weighted by molar-refractivity contribution is -0.140. The Morgan fingerprint density at radius 2 is 2.00 bits per heavy atom. The highest BCUT2D eigenvalue weighted by atomic mass is 35.5. The van der Waals surface area contributed by atoms with Gasteiger partial charge >= 0.3 is 5.97 Å². The van der Waals surface area contributed by atoms with E-state index in [2.05, 4.69) is 15.5 Å². The summed E-state index contributed by atoms with van der Waals surface area (Å²) in [4.78, 5) is 11.1. The SMILES string of the molecule is O=C(O)CC1(CNc2cc(Cl)nnc2Cl)CCCCC1. The number of hydrogen-bond acceptors (Lipinski definition) is 4. The van der Waals surface area contributed by atoms with Crippen molar-refractivity contribution in [3.8, 4) is 0 Å². The molecule has 0 spiro atoms. The van der Waals surface area contributed by atoms with Gasteiger partial charge in [0.2, 0.25) is 0 Å². The van der Waals surface area contributed by atoms with E-state index in [4.69, 9.17) is 28.3 Å². The number of hydrogen-bond donors (Lipinski definition) is 2. The minimum atomic E-state index is -0.759. The molecule has 0 unspecified atom stereocenters. The summed E-state index contributed by atoms with van der Waals surface area (Å²) in [6.45, 7) is 0.557. The molecule has 0 atom stereocenters. The Bertz CT molecular complexity index is 491. The first kappa shape index (κ1) is 15.3. The molecule has 110 valence electrons. The van der Waals surface area contributed by atoms with Gasteiger partial charge in [0.25, 0.3) is 0 Å². The largest absolute Gasteiger partial charge is 0.481 e. The summed E-state index contributed by atoms with van der Waals surface area (Å²) in [6.07, 6.45) is 5.30. The average Bonchev–Trinajstić information content (AvgIpc) is 2.40. The monoisotopic (exact) mass is 317 g/mol. The van der Waals surface area contributed by atoms with Gasteiger partial charge in [-0.15, -0.1) is 10.2 Å². The van der Waals surface area contributed by atoms with E-state index >= 15 is 0 Å². The van der Waals surface area contributed by atoms with Gasteiger partial charge in [0.15, 0.2) is 10.3 Å². The third-order valence-corrected chi connectivity index (χ3v) is 4.28. The van der Waals surface area contributed by atoms with Crippen LogP contribution in [-0.2, 0) is 4.79 Å². The van der Waals surface area contributed by atoms with Gasteiger partial charge in [-0.2, -0.15) is 0 Å². The molecule has 2 rings (SSSR count). The second-order valence-corrected chi connectivity index (χ2v) is 6.10. The molecule has 20 heavy (non-hydrogen) atoms. The number of nitrogens with one attached hydrogen (secondary N) is 1. The van der Waals surface area contributed by atoms with E-state index < -0.39 is 5.97 Å². The van der Waals surface area contributed by atoms with Crippen LogP contribution in [0.15, 0.2) is 6.07 Å². The number of aliphatic carboxylic acids is 1. The predicted octanol–water partition coefficient (Wildman–Crippen LogP) is 3.62. The molecule has 0 radical (unpaired) electrons. The van der Waals surface area contributed by atoms with Gasteiger partial charge < -0.3 is 10.4 Å². The van der Waals surface area contributed by atoms with E-state index in [1.165, 1.54) is 6.42 Å². The van der Waals surface area contributed by atoms with E-state index in [0.717, 1.165) is 25.7 Å². The van der Waals surface area contributed by atoms with Gasteiger partial charge in [-0.05, 0) is 18.3 Å². The lowest BCUT2D eigenvalue weighted by Crippen LogP contribution is -2.34. The van der Waals surface area contributed by atoms with Crippen molar-refractivity contribution in [1.29, 1.82) is 0 Å². The molecular weight excluding hydrogens is 301 g/mol. The smallest absolute Gasteiger partial charge is 0.303 e. The van der Waals surface area contributed by atoms with Crippen molar-refractivity contribution >= 4 is 34.9 Å². The van der Waals surface area contributed by atoms with Gasteiger partial charge in [-0.3, -0.25) is 4.79 Å². The van der Waals surface area contributed by atoms with E-state index in [0.29, 0.717) is 12.2 Å². The van der Waals surface area contributed by atoms with E-state index in [-0.39, 0.29) is 22.1 Å². The zero-order chi connectivity index (χ0) is 14.6. The number of carbonyl (C=O) groups is 1. The molecule has 0 saturated heterocycles. The summed E-state index contributed by atoms with van der Waals surface area (Å²) in [5.41, 5.74) is 0.380. The fourth-order valence-electron chi connectivity index (χ4n) is 2.80. The second kappa shape index (κ2) is 6.59. The summed E-state index contributed by atoms with van der Waals surface area (Å²) in [7, 11) is 0. The number of carboxylic acid groups (broad SMARTS) is 1. The highest BCUT2D eigenvalue weighted by molar-refractivity contribution is 6.33. The highest BCUT2D eigenvalue weighted by Crippen LogP contribution is 2.39. The topological polar surface area (TPSA) is 75.1 Å². The fraction of sp³-hybridized carbons (Fsp3) is 0.615. The fourth-order valence-corrected chi connectivity index (χ4v) is 3.10. The number of halogens is 2. The Labute approximate surface area is 127 Å². The number of aromatic nitrogens is 2. The quantitative estimate of drug-likeness (QED) is 0.867. The maximum atomic E-state index is 11.1. The summed E-state index contributed by atoms with van der Waals surface area (Å²) in [5, 5.41) is 20.2. The molecule has 0 bridgehead atoms. The zero-order valence-corrected chi connectivity index (χ0v) is 12.5. The van der Waals surface area contributed by atoms with E-state index in [9.17, 15) is 4.79 Å². The molecule has 7 heteroatoms. The molecular formula is C13H17Cl2N3O2. The first-order chi connectivity index (χ1) is 9.51. The predicted molar refractivity (Wildman–Crippen MR) is 78.3 cm³/mol. The molecule has 1 aliphatic rings. The Kier molecular flexibility index (Phi) is 5.05. The van der Waals surface area contributed by atoms with Crippen molar-refractivity contribution in [1.82, 2.24) is 10.2 Å². The van der Waals surface area contributed by atoms with Gasteiger partial charge in [-0.1, -0.05) is 42.5 Å². The van der Waals surface area contributed by atoms with Crippen LogP contribution in [0.4, 0.5) is 5.69 Å². The van der Waals surface area contributed by atoms with Gasteiger partial charge in [-0.25, -0.2) is 0 Å². The van der Waals surface area contributed by atoms with Crippen LogP contribution in [0, 0.1) is 5.41 Å². The van der Waals surface area contributed by atoms with Crippen LogP contribution in [0.1, 0.15) is 38.5 Å². The number of nitrogens with zero attached hydrogens (tertiary/aromatic N) is 2. The third-order valence-electron chi connectivity index (χ3n) is 3.81.